The predicted molar refractivity (Wildman–Crippen MR) is 64.8 cm³/mol. The summed E-state index contributed by atoms with van der Waals surface area (Å²) in [5, 5.41) is 0. The van der Waals surface area contributed by atoms with Crippen molar-refractivity contribution in [2.75, 3.05) is 24.6 Å². The second-order valence-corrected chi connectivity index (χ2v) is 3.98. The van der Waals surface area contributed by atoms with Gasteiger partial charge in [-0.25, -0.2) is 4.98 Å². The van der Waals surface area contributed by atoms with E-state index in [-0.39, 0.29) is 0 Å². The van der Waals surface area contributed by atoms with Gasteiger partial charge in [0.25, 0.3) is 0 Å². The zero-order chi connectivity index (χ0) is 11.4. The first-order valence-corrected chi connectivity index (χ1v) is 5.91. The zero-order valence-corrected chi connectivity index (χ0v) is 9.72. The van der Waals surface area contributed by atoms with Crippen LogP contribution in [-0.4, -0.2) is 30.7 Å². The highest BCUT2D eigenvalue weighted by Crippen LogP contribution is 2.30. The van der Waals surface area contributed by atoms with E-state index < -0.39 is 0 Å². The van der Waals surface area contributed by atoms with Gasteiger partial charge in [0.2, 0.25) is 0 Å². The van der Waals surface area contributed by atoms with Crippen molar-refractivity contribution in [2.24, 2.45) is 5.73 Å². The van der Waals surface area contributed by atoms with Gasteiger partial charge in [0, 0.05) is 25.3 Å². The highest BCUT2D eigenvalue weighted by Gasteiger charge is 2.26. The second kappa shape index (κ2) is 5.16. The van der Waals surface area contributed by atoms with Gasteiger partial charge in [-0.1, -0.05) is 0 Å². The lowest BCUT2D eigenvalue weighted by atomic mass is 10.2. The number of rotatable bonds is 4. The molecule has 4 heteroatoms. The summed E-state index contributed by atoms with van der Waals surface area (Å²) in [6.07, 6.45) is 4.15. The number of nitrogens with two attached hydrogens (primary N) is 1. The zero-order valence-electron chi connectivity index (χ0n) is 9.72. The minimum absolute atomic E-state index is 0.411. The highest BCUT2D eigenvalue weighted by atomic mass is 16.5. The Morgan fingerprint density at radius 2 is 2.50 bits per heavy atom. The van der Waals surface area contributed by atoms with E-state index in [1.54, 1.807) is 0 Å². The van der Waals surface area contributed by atoms with E-state index in [1.165, 1.54) is 6.42 Å². The van der Waals surface area contributed by atoms with Gasteiger partial charge in [-0.2, -0.15) is 0 Å². The molecular weight excluding hydrogens is 202 g/mol. The summed E-state index contributed by atoms with van der Waals surface area (Å²) in [5.41, 5.74) is 5.78. The molecule has 0 radical (unpaired) electrons. The SMILES string of the molecule is CCOc1cccnc1N1CCCC1CN. The third-order valence-corrected chi connectivity index (χ3v) is 2.97. The minimum Gasteiger partial charge on any atom is -0.490 e. The maximum atomic E-state index is 5.78. The lowest BCUT2D eigenvalue weighted by molar-refractivity contribution is 0.338. The molecule has 2 rings (SSSR count). The van der Waals surface area contributed by atoms with Gasteiger partial charge in [-0.3, -0.25) is 0 Å². The fraction of sp³-hybridized carbons (Fsp3) is 0.583. The fourth-order valence-corrected chi connectivity index (χ4v) is 2.23. The first-order chi connectivity index (χ1) is 7.86. The van der Waals surface area contributed by atoms with E-state index in [0.717, 1.165) is 24.5 Å². The average molecular weight is 221 g/mol. The van der Waals surface area contributed by atoms with Crippen LogP contribution in [-0.2, 0) is 0 Å². The van der Waals surface area contributed by atoms with Gasteiger partial charge in [0.15, 0.2) is 11.6 Å². The van der Waals surface area contributed by atoms with Crippen LogP contribution in [0.2, 0.25) is 0 Å². The Labute approximate surface area is 96.4 Å². The second-order valence-electron chi connectivity index (χ2n) is 3.98. The topological polar surface area (TPSA) is 51.4 Å². The number of nitrogens with zero attached hydrogens (tertiary/aromatic N) is 2. The molecule has 1 unspecified atom stereocenters. The van der Waals surface area contributed by atoms with E-state index >= 15 is 0 Å². The van der Waals surface area contributed by atoms with Crippen LogP contribution in [0.5, 0.6) is 5.75 Å². The molecule has 1 fully saturated rings. The monoisotopic (exact) mass is 221 g/mol. The van der Waals surface area contributed by atoms with Crippen molar-refractivity contribution in [3.63, 3.8) is 0 Å². The van der Waals surface area contributed by atoms with Crippen LogP contribution in [0.25, 0.3) is 0 Å². The molecule has 2 N–H and O–H groups in total. The normalized spacial score (nSPS) is 20.1. The summed E-state index contributed by atoms with van der Waals surface area (Å²) in [4.78, 5) is 6.69. The Kier molecular flexibility index (Phi) is 3.62. The molecule has 1 aliphatic rings. The van der Waals surface area contributed by atoms with Crippen LogP contribution in [0.3, 0.4) is 0 Å². The average Bonchev–Trinajstić information content (AvgIpc) is 2.78. The van der Waals surface area contributed by atoms with Gasteiger partial charge in [-0.05, 0) is 31.9 Å². The number of pyridine rings is 1. The Morgan fingerprint density at radius 3 is 3.25 bits per heavy atom. The van der Waals surface area contributed by atoms with E-state index in [1.807, 2.05) is 25.3 Å². The number of hydrogen-bond donors (Lipinski definition) is 1. The third kappa shape index (κ3) is 2.11. The molecule has 4 nitrogen and oxygen atoms in total. The van der Waals surface area contributed by atoms with Gasteiger partial charge in [-0.15, -0.1) is 0 Å². The number of anilines is 1. The van der Waals surface area contributed by atoms with Gasteiger partial charge >= 0.3 is 0 Å². The van der Waals surface area contributed by atoms with Gasteiger partial charge in [0.05, 0.1) is 6.61 Å². The quantitative estimate of drug-likeness (QED) is 0.835. The molecule has 0 amide bonds. The van der Waals surface area contributed by atoms with Crippen molar-refractivity contribution in [3.8, 4) is 5.75 Å². The lowest BCUT2D eigenvalue weighted by Gasteiger charge is -2.26. The first kappa shape index (κ1) is 11.2. The van der Waals surface area contributed by atoms with Crippen LogP contribution in [0.15, 0.2) is 18.3 Å². The summed E-state index contributed by atoms with van der Waals surface area (Å²) >= 11 is 0. The van der Waals surface area contributed by atoms with Crippen molar-refractivity contribution in [1.82, 2.24) is 4.98 Å². The van der Waals surface area contributed by atoms with Crippen molar-refractivity contribution >= 4 is 5.82 Å². The summed E-state index contributed by atoms with van der Waals surface area (Å²) < 4.78 is 5.60. The number of ether oxygens (including phenoxy) is 1. The molecule has 0 spiro atoms. The molecule has 1 atom stereocenters. The summed E-state index contributed by atoms with van der Waals surface area (Å²) in [5.74, 6) is 1.81. The lowest BCUT2D eigenvalue weighted by Crippen LogP contribution is -2.36. The fourth-order valence-electron chi connectivity index (χ4n) is 2.23. The van der Waals surface area contributed by atoms with Gasteiger partial charge in [0.1, 0.15) is 0 Å². The van der Waals surface area contributed by atoms with Crippen LogP contribution in [0.1, 0.15) is 19.8 Å². The van der Waals surface area contributed by atoms with E-state index in [0.29, 0.717) is 19.2 Å². The molecule has 88 valence electrons. The molecule has 0 bridgehead atoms. The third-order valence-electron chi connectivity index (χ3n) is 2.97. The summed E-state index contributed by atoms with van der Waals surface area (Å²) in [6.45, 7) is 4.36. The molecule has 0 aliphatic carbocycles. The van der Waals surface area contributed by atoms with Crippen LogP contribution >= 0.6 is 0 Å². The predicted octanol–water partition coefficient (Wildman–Crippen LogP) is 1.41. The molecule has 1 aromatic heterocycles. The molecule has 16 heavy (non-hydrogen) atoms. The molecular formula is C12H19N3O. The Bertz CT molecular complexity index is 343. The molecule has 2 heterocycles. The minimum atomic E-state index is 0.411. The van der Waals surface area contributed by atoms with E-state index in [9.17, 15) is 0 Å². The Balaban J connectivity index is 2.24. The van der Waals surface area contributed by atoms with Crippen LogP contribution in [0, 0.1) is 0 Å². The van der Waals surface area contributed by atoms with Crippen molar-refractivity contribution in [2.45, 2.75) is 25.8 Å². The van der Waals surface area contributed by atoms with Crippen LogP contribution in [0.4, 0.5) is 5.82 Å². The molecule has 1 saturated heterocycles. The number of hydrogen-bond acceptors (Lipinski definition) is 4. The van der Waals surface area contributed by atoms with Crippen molar-refractivity contribution in [1.29, 1.82) is 0 Å². The summed E-state index contributed by atoms with van der Waals surface area (Å²) in [7, 11) is 0. The number of aromatic nitrogens is 1. The largest absolute Gasteiger partial charge is 0.490 e. The molecule has 1 aliphatic heterocycles. The maximum absolute atomic E-state index is 5.78. The molecule has 0 aromatic carbocycles. The van der Waals surface area contributed by atoms with Crippen LogP contribution < -0.4 is 15.4 Å². The molecule has 1 aromatic rings. The van der Waals surface area contributed by atoms with E-state index in [4.69, 9.17) is 10.5 Å². The van der Waals surface area contributed by atoms with E-state index in [2.05, 4.69) is 9.88 Å². The standard InChI is InChI=1S/C12H19N3O/c1-2-16-11-6-3-7-14-12(11)15-8-4-5-10(15)9-13/h3,6-7,10H,2,4-5,8-9,13H2,1H3. The van der Waals surface area contributed by atoms with Crippen molar-refractivity contribution in [3.05, 3.63) is 18.3 Å². The maximum Gasteiger partial charge on any atom is 0.171 e. The van der Waals surface area contributed by atoms with Gasteiger partial charge < -0.3 is 15.4 Å². The Hall–Kier alpha value is -1.29. The smallest absolute Gasteiger partial charge is 0.171 e. The molecule has 0 saturated carbocycles. The highest BCUT2D eigenvalue weighted by molar-refractivity contribution is 5.53. The summed E-state index contributed by atoms with van der Waals surface area (Å²) in [6, 6.07) is 4.29. The van der Waals surface area contributed by atoms with Crippen molar-refractivity contribution < 1.29 is 4.74 Å². The Morgan fingerprint density at radius 1 is 1.62 bits per heavy atom. The first-order valence-electron chi connectivity index (χ1n) is 5.91.